The standard InChI is InChI=1S/C22H42N6O2.HI/c1-9-23-20(24-13-10-11-18-15-25-27-17(18)4)28(8)14-12-19(16(2)3)26-21(29)30-22(5,6)7;/h15-16,19H,9-14H2,1-8H3,(H,23,24)(H,25,27)(H,26,29);1H. The first-order valence-electron chi connectivity index (χ1n) is 11.0. The van der Waals surface area contributed by atoms with E-state index in [-0.39, 0.29) is 36.1 Å². The fraction of sp³-hybridized carbons (Fsp3) is 0.773. The summed E-state index contributed by atoms with van der Waals surface area (Å²) < 4.78 is 5.41. The van der Waals surface area contributed by atoms with Crippen LogP contribution in [-0.2, 0) is 11.2 Å². The van der Waals surface area contributed by atoms with Crippen molar-refractivity contribution in [3.05, 3.63) is 17.5 Å². The Balaban J connectivity index is 0.00000900. The van der Waals surface area contributed by atoms with Crippen LogP contribution in [0, 0.1) is 12.8 Å². The molecular weight excluding hydrogens is 507 g/mol. The molecule has 0 saturated heterocycles. The average molecular weight is 551 g/mol. The predicted molar refractivity (Wildman–Crippen MR) is 138 cm³/mol. The molecule has 1 aromatic rings. The first-order valence-corrected chi connectivity index (χ1v) is 11.0. The second-order valence-corrected chi connectivity index (χ2v) is 9.07. The number of alkyl carbamates (subject to hydrolysis) is 1. The maximum Gasteiger partial charge on any atom is 0.407 e. The Kier molecular flexibility index (Phi) is 13.8. The molecular formula is C22H43IN6O2. The van der Waals surface area contributed by atoms with Crippen LogP contribution in [0.5, 0.6) is 0 Å². The van der Waals surface area contributed by atoms with Gasteiger partial charge in [-0.1, -0.05) is 13.8 Å². The van der Waals surface area contributed by atoms with E-state index in [9.17, 15) is 4.79 Å². The summed E-state index contributed by atoms with van der Waals surface area (Å²) >= 11 is 0. The molecule has 9 heteroatoms. The van der Waals surface area contributed by atoms with Crippen molar-refractivity contribution in [3.8, 4) is 0 Å². The van der Waals surface area contributed by atoms with Gasteiger partial charge >= 0.3 is 6.09 Å². The van der Waals surface area contributed by atoms with Crippen LogP contribution in [0.3, 0.4) is 0 Å². The van der Waals surface area contributed by atoms with Gasteiger partial charge in [0.1, 0.15) is 5.60 Å². The Morgan fingerprint density at radius 2 is 2.03 bits per heavy atom. The van der Waals surface area contributed by atoms with Gasteiger partial charge in [-0.25, -0.2) is 4.79 Å². The molecule has 3 N–H and O–H groups in total. The number of H-pyrrole nitrogens is 1. The third-order valence-electron chi connectivity index (χ3n) is 4.78. The smallest absolute Gasteiger partial charge is 0.407 e. The third kappa shape index (κ3) is 12.2. The zero-order valence-electron chi connectivity index (χ0n) is 20.5. The van der Waals surface area contributed by atoms with E-state index >= 15 is 0 Å². The van der Waals surface area contributed by atoms with Gasteiger partial charge in [-0.15, -0.1) is 24.0 Å². The highest BCUT2D eigenvalue weighted by molar-refractivity contribution is 14.0. The minimum atomic E-state index is -0.498. The first-order chi connectivity index (χ1) is 14.0. The van der Waals surface area contributed by atoms with Crippen molar-refractivity contribution in [1.82, 2.24) is 25.7 Å². The number of ether oxygens (including phenoxy) is 1. The molecule has 1 rings (SSSR count). The Hall–Kier alpha value is -1.52. The van der Waals surface area contributed by atoms with Gasteiger partial charge in [-0.05, 0) is 65.4 Å². The maximum atomic E-state index is 12.2. The van der Waals surface area contributed by atoms with E-state index in [1.165, 1.54) is 5.56 Å². The maximum absolute atomic E-state index is 12.2. The summed E-state index contributed by atoms with van der Waals surface area (Å²) in [5.41, 5.74) is 1.87. The number of nitrogens with zero attached hydrogens (tertiary/aromatic N) is 3. The lowest BCUT2D eigenvalue weighted by molar-refractivity contribution is 0.0486. The van der Waals surface area contributed by atoms with Gasteiger partial charge in [0.25, 0.3) is 0 Å². The van der Waals surface area contributed by atoms with E-state index in [0.29, 0.717) is 5.92 Å². The lowest BCUT2D eigenvalue weighted by Gasteiger charge is -2.28. The van der Waals surface area contributed by atoms with Crippen LogP contribution in [0.25, 0.3) is 0 Å². The van der Waals surface area contributed by atoms with Crippen LogP contribution in [-0.4, -0.2) is 65.5 Å². The van der Waals surface area contributed by atoms with E-state index in [1.807, 2.05) is 40.9 Å². The van der Waals surface area contributed by atoms with Crippen LogP contribution < -0.4 is 10.6 Å². The molecule has 1 atom stereocenters. The van der Waals surface area contributed by atoms with Crippen LogP contribution in [0.4, 0.5) is 4.79 Å². The highest BCUT2D eigenvalue weighted by Crippen LogP contribution is 2.11. The van der Waals surface area contributed by atoms with Crippen molar-refractivity contribution in [2.75, 3.05) is 26.7 Å². The number of hydrogen-bond donors (Lipinski definition) is 3. The number of carbonyl (C=O) groups excluding carboxylic acids is 1. The van der Waals surface area contributed by atoms with Crippen molar-refractivity contribution in [2.24, 2.45) is 10.9 Å². The number of halogens is 1. The summed E-state index contributed by atoms with van der Waals surface area (Å²) in [6.07, 6.45) is 4.27. The highest BCUT2D eigenvalue weighted by atomic mass is 127. The van der Waals surface area contributed by atoms with Gasteiger partial charge in [0.05, 0.1) is 6.20 Å². The first kappa shape index (κ1) is 29.5. The lowest BCUT2D eigenvalue weighted by Crippen LogP contribution is -2.45. The van der Waals surface area contributed by atoms with Crippen LogP contribution in [0.1, 0.15) is 65.6 Å². The van der Waals surface area contributed by atoms with Crippen molar-refractivity contribution in [1.29, 1.82) is 0 Å². The number of aromatic amines is 1. The molecule has 0 bridgehead atoms. The number of carbonyl (C=O) groups is 1. The minimum absolute atomic E-state index is 0. The lowest BCUT2D eigenvalue weighted by atomic mass is 10.0. The quantitative estimate of drug-likeness (QED) is 0.177. The molecule has 0 fully saturated rings. The molecule has 0 aliphatic heterocycles. The van der Waals surface area contributed by atoms with Gasteiger partial charge < -0.3 is 20.3 Å². The number of aliphatic imine (C=N–C) groups is 1. The molecule has 1 heterocycles. The van der Waals surface area contributed by atoms with Gasteiger partial charge in [-0.3, -0.25) is 10.1 Å². The molecule has 1 amide bonds. The van der Waals surface area contributed by atoms with Crippen LogP contribution >= 0.6 is 24.0 Å². The summed E-state index contributed by atoms with van der Waals surface area (Å²) in [4.78, 5) is 19.0. The van der Waals surface area contributed by atoms with Gasteiger partial charge in [0.15, 0.2) is 5.96 Å². The molecule has 0 saturated carbocycles. The minimum Gasteiger partial charge on any atom is -0.444 e. The summed E-state index contributed by atoms with van der Waals surface area (Å²) in [5.74, 6) is 1.20. The van der Waals surface area contributed by atoms with Crippen molar-refractivity contribution in [3.63, 3.8) is 0 Å². The predicted octanol–water partition coefficient (Wildman–Crippen LogP) is 4.11. The molecule has 31 heavy (non-hydrogen) atoms. The Bertz CT molecular complexity index is 669. The molecule has 1 unspecified atom stereocenters. The van der Waals surface area contributed by atoms with Crippen LogP contribution in [0.15, 0.2) is 11.2 Å². The summed E-state index contributed by atoms with van der Waals surface area (Å²) in [7, 11) is 2.03. The molecule has 0 aliphatic rings. The Morgan fingerprint density at radius 1 is 1.35 bits per heavy atom. The average Bonchev–Trinajstić information content (AvgIpc) is 3.04. The topological polar surface area (TPSA) is 94.6 Å². The second kappa shape index (κ2) is 14.5. The number of guanidine groups is 1. The molecule has 8 nitrogen and oxygen atoms in total. The van der Waals surface area contributed by atoms with Gasteiger partial charge in [0.2, 0.25) is 0 Å². The third-order valence-corrected chi connectivity index (χ3v) is 4.78. The normalized spacial score (nSPS) is 12.9. The molecule has 180 valence electrons. The van der Waals surface area contributed by atoms with E-state index in [0.717, 1.165) is 50.6 Å². The SMILES string of the molecule is CCNC(=NCCCc1cn[nH]c1C)N(C)CCC(NC(=O)OC(C)(C)C)C(C)C.I. The van der Waals surface area contributed by atoms with E-state index in [2.05, 4.69) is 46.5 Å². The largest absolute Gasteiger partial charge is 0.444 e. The Labute approximate surface area is 205 Å². The fourth-order valence-corrected chi connectivity index (χ4v) is 3.02. The molecule has 0 spiro atoms. The number of amides is 1. The molecule has 0 radical (unpaired) electrons. The zero-order chi connectivity index (χ0) is 22.7. The number of aromatic nitrogens is 2. The number of rotatable bonds is 10. The number of aryl methyl sites for hydroxylation is 2. The summed E-state index contributed by atoms with van der Waals surface area (Å²) in [5, 5.41) is 13.4. The van der Waals surface area contributed by atoms with E-state index < -0.39 is 5.60 Å². The van der Waals surface area contributed by atoms with Crippen LogP contribution in [0.2, 0.25) is 0 Å². The monoisotopic (exact) mass is 550 g/mol. The van der Waals surface area contributed by atoms with Crippen molar-refractivity contribution >= 4 is 36.0 Å². The number of hydrogen-bond acceptors (Lipinski definition) is 4. The number of nitrogens with one attached hydrogen (secondary N) is 3. The van der Waals surface area contributed by atoms with Gasteiger partial charge in [0, 0.05) is 38.4 Å². The van der Waals surface area contributed by atoms with Gasteiger partial charge in [-0.2, -0.15) is 5.10 Å². The molecule has 0 aliphatic carbocycles. The van der Waals surface area contributed by atoms with E-state index in [1.54, 1.807) is 0 Å². The van der Waals surface area contributed by atoms with Crippen molar-refractivity contribution < 1.29 is 9.53 Å². The molecule has 1 aromatic heterocycles. The summed E-state index contributed by atoms with van der Waals surface area (Å²) in [6, 6.07) is 0.0363. The van der Waals surface area contributed by atoms with Crippen molar-refractivity contribution in [2.45, 2.75) is 79.4 Å². The molecule has 0 aromatic carbocycles. The fourth-order valence-electron chi connectivity index (χ4n) is 3.02. The zero-order valence-corrected chi connectivity index (χ0v) is 22.9. The highest BCUT2D eigenvalue weighted by Gasteiger charge is 2.22. The van der Waals surface area contributed by atoms with E-state index in [4.69, 9.17) is 9.73 Å². The second-order valence-electron chi connectivity index (χ2n) is 9.07. The Morgan fingerprint density at radius 3 is 2.55 bits per heavy atom. The summed E-state index contributed by atoms with van der Waals surface area (Å²) in [6.45, 7) is 16.3.